The van der Waals surface area contributed by atoms with E-state index in [1.165, 1.54) is 12.1 Å². The third-order valence-electron chi connectivity index (χ3n) is 6.06. The fraction of sp³-hybridized carbons (Fsp3) is 0.667. The van der Waals surface area contributed by atoms with E-state index in [4.69, 9.17) is 9.47 Å². The molecular weight excluding hydrogens is 423 g/mol. The van der Waals surface area contributed by atoms with Gasteiger partial charge in [-0.05, 0) is 63.8 Å². The minimum atomic E-state index is -4.40. The van der Waals surface area contributed by atoms with Gasteiger partial charge in [-0.25, -0.2) is 4.79 Å². The van der Waals surface area contributed by atoms with Crippen molar-refractivity contribution in [1.29, 1.82) is 0 Å². The van der Waals surface area contributed by atoms with Crippen molar-refractivity contribution >= 4 is 11.9 Å². The molecule has 2 fully saturated rings. The summed E-state index contributed by atoms with van der Waals surface area (Å²) in [5, 5.41) is 0. The molecule has 8 heteroatoms. The first kappa shape index (κ1) is 24.4. The summed E-state index contributed by atoms with van der Waals surface area (Å²) in [7, 11) is 0. The van der Waals surface area contributed by atoms with Crippen LogP contribution in [0.4, 0.5) is 18.0 Å². The van der Waals surface area contributed by atoms with Gasteiger partial charge in [0.05, 0.1) is 5.56 Å². The predicted octanol–water partition coefficient (Wildman–Crippen LogP) is 6.00. The summed E-state index contributed by atoms with van der Waals surface area (Å²) in [6, 6.07) is 4.34. The number of alkyl halides is 3. The van der Waals surface area contributed by atoms with Gasteiger partial charge in [0, 0.05) is 31.8 Å². The zero-order valence-electron chi connectivity index (χ0n) is 18.9. The van der Waals surface area contributed by atoms with Gasteiger partial charge in [0.15, 0.2) is 0 Å². The van der Waals surface area contributed by atoms with Gasteiger partial charge in [0.1, 0.15) is 23.2 Å². The summed E-state index contributed by atoms with van der Waals surface area (Å²) in [4.78, 5) is 26.6. The second-order valence-corrected chi connectivity index (χ2v) is 9.78. The van der Waals surface area contributed by atoms with E-state index in [0.717, 1.165) is 37.8 Å². The molecule has 0 unspecified atom stereocenters. The van der Waals surface area contributed by atoms with Crippen LogP contribution in [0.5, 0.6) is 5.75 Å². The van der Waals surface area contributed by atoms with Crippen molar-refractivity contribution in [3.05, 3.63) is 29.8 Å². The molecule has 178 valence electrons. The Morgan fingerprint density at radius 1 is 1.12 bits per heavy atom. The SMILES string of the molecule is CC(C)(C)OC(=O)N1CCC(=O)C[C@@H]1C[C@H](Oc1ccc(C(F)(F)F)cc1)C1CCCC1. The Hall–Kier alpha value is -2.25. The molecule has 32 heavy (non-hydrogen) atoms. The largest absolute Gasteiger partial charge is 0.490 e. The molecule has 5 nitrogen and oxygen atoms in total. The molecule has 1 saturated carbocycles. The lowest BCUT2D eigenvalue weighted by molar-refractivity contribution is -0.137. The quantitative estimate of drug-likeness (QED) is 0.546. The maximum Gasteiger partial charge on any atom is 0.416 e. The molecule has 0 radical (unpaired) electrons. The fourth-order valence-electron chi connectivity index (χ4n) is 4.51. The van der Waals surface area contributed by atoms with E-state index in [-0.39, 0.29) is 30.3 Å². The second kappa shape index (κ2) is 9.71. The van der Waals surface area contributed by atoms with Gasteiger partial charge in [0.25, 0.3) is 0 Å². The highest BCUT2D eigenvalue weighted by Crippen LogP contribution is 2.35. The molecule has 1 heterocycles. The van der Waals surface area contributed by atoms with Crippen LogP contribution in [0.25, 0.3) is 0 Å². The molecule has 1 aliphatic heterocycles. The van der Waals surface area contributed by atoms with Crippen LogP contribution in [0.1, 0.15) is 71.3 Å². The Morgan fingerprint density at radius 3 is 2.31 bits per heavy atom. The number of ketones is 1. The topological polar surface area (TPSA) is 55.8 Å². The number of halogens is 3. The van der Waals surface area contributed by atoms with E-state index < -0.39 is 23.4 Å². The highest BCUT2D eigenvalue weighted by atomic mass is 19.4. The third kappa shape index (κ3) is 6.62. The molecule has 0 aromatic heterocycles. The average molecular weight is 456 g/mol. The van der Waals surface area contributed by atoms with E-state index in [9.17, 15) is 22.8 Å². The highest BCUT2D eigenvalue weighted by molar-refractivity contribution is 5.82. The lowest BCUT2D eigenvalue weighted by atomic mass is 9.90. The van der Waals surface area contributed by atoms with Crippen molar-refractivity contribution in [3.8, 4) is 5.75 Å². The lowest BCUT2D eigenvalue weighted by Gasteiger charge is -2.38. The molecule has 3 rings (SSSR count). The normalized spacial score (nSPS) is 21.5. The molecule has 0 bridgehead atoms. The average Bonchev–Trinajstić information content (AvgIpc) is 3.20. The summed E-state index contributed by atoms with van der Waals surface area (Å²) < 4.78 is 50.4. The predicted molar refractivity (Wildman–Crippen MR) is 113 cm³/mol. The van der Waals surface area contributed by atoms with E-state index in [1.54, 1.807) is 25.7 Å². The molecule has 1 amide bonds. The number of Topliss-reactive ketones (excluding diaryl/α,β-unsaturated/α-hetero) is 1. The summed E-state index contributed by atoms with van der Waals surface area (Å²) in [6.45, 7) is 5.69. The van der Waals surface area contributed by atoms with Gasteiger partial charge in [0.2, 0.25) is 0 Å². The van der Waals surface area contributed by atoms with Gasteiger partial charge < -0.3 is 14.4 Å². The molecule has 1 aromatic rings. The maximum absolute atomic E-state index is 12.9. The van der Waals surface area contributed by atoms with Gasteiger partial charge in [-0.1, -0.05) is 12.8 Å². The number of piperidine rings is 1. The highest BCUT2D eigenvalue weighted by Gasteiger charge is 2.38. The van der Waals surface area contributed by atoms with Crippen LogP contribution < -0.4 is 4.74 Å². The van der Waals surface area contributed by atoms with Crippen LogP contribution in [0.15, 0.2) is 24.3 Å². The van der Waals surface area contributed by atoms with Crippen molar-refractivity contribution in [3.63, 3.8) is 0 Å². The van der Waals surface area contributed by atoms with Crippen molar-refractivity contribution in [2.24, 2.45) is 5.92 Å². The van der Waals surface area contributed by atoms with Crippen molar-refractivity contribution < 1.29 is 32.2 Å². The summed E-state index contributed by atoms with van der Waals surface area (Å²) in [6.07, 6.45) is -0.131. The second-order valence-electron chi connectivity index (χ2n) is 9.78. The van der Waals surface area contributed by atoms with Crippen LogP contribution in [0, 0.1) is 5.92 Å². The number of ether oxygens (including phenoxy) is 2. The number of hydrogen-bond donors (Lipinski definition) is 0. The van der Waals surface area contributed by atoms with E-state index >= 15 is 0 Å². The summed E-state index contributed by atoms with van der Waals surface area (Å²) in [5.74, 6) is 0.685. The zero-order chi connectivity index (χ0) is 23.5. The number of likely N-dealkylation sites (tertiary alicyclic amines) is 1. The molecule has 0 spiro atoms. The number of rotatable bonds is 5. The van der Waals surface area contributed by atoms with Crippen molar-refractivity contribution in [1.82, 2.24) is 4.90 Å². The minimum absolute atomic E-state index is 0.0921. The first-order valence-corrected chi connectivity index (χ1v) is 11.3. The molecular formula is C24H32F3NO4. The number of carbonyl (C=O) groups excluding carboxylic acids is 2. The molecule has 2 aliphatic rings. The Bertz CT molecular complexity index is 795. The maximum atomic E-state index is 12.9. The Kier molecular flexibility index (Phi) is 7.40. The van der Waals surface area contributed by atoms with Crippen molar-refractivity contribution in [2.75, 3.05) is 6.54 Å². The van der Waals surface area contributed by atoms with Crippen LogP contribution in [0.2, 0.25) is 0 Å². The molecule has 1 saturated heterocycles. The number of amides is 1. The number of nitrogens with zero attached hydrogens (tertiary/aromatic N) is 1. The molecule has 1 aromatic carbocycles. The summed E-state index contributed by atoms with van der Waals surface area (Å²) in [5.41, 5.74) is -1.37. The Balaban J connectivity index is 1.77. The number of benzene rings is 1. The molecule has 2 atom stereocenters. The van der Waals surface area contributed by atoms with Crippen LogP contribution in [-0.4, -0.2) is 41.1 Å². The fourth-order valence-corrected chi connectivity index (χ4v) is 4.51. The van der Waals surface area contributed by atoms with Gasteiger partial charge in [-0.2, -0.15) is 13.2 Å². The van der Waals surface area contributed by atoms with Crippen LogP contribution >= 0.6 is 0 Å². The molecule has 1 aliphatic carbocycles. The zero-order valence-corrected chi connectivity index (χ0v) is 18.9. The standard InChI is InChI=1S/C24H32F3NO4/c1-23(2,3)32-22(30)28-13-12-19(29)14-18(28)15-21(16-6-4-5-7-16)31-20-10-8-17(9-11-20)24(25,26)27/h8-11,16,18,21H,4-7,12-15H2,1-3H3/t18-,21+/m1/s1. The monoisotopic (exact) mass is 455 g/mol. The first-order valence-electron chi connectivity index (χ1n) is 11.3. The van der Waals surface area contributed by atoms with Gasteiger partial charge in [-0.3, -0.25) is 4.79 Å². The van der Waals surface area contributed by atoms with Gasteiger partial charge in [-0.15, -0.1) is 0 Å². The van der Waals surface area contributed by atoms with E-state index in [0.29, 0.717) is 25.1 Å². The lowest BCUT2D eigenvalue weighted by Crippen LogP contribution is -2.50. The molecule has 0 N–H and O–H groups in total. The smallest absolute Gasteiger partial charge is 0.416 e. The Morgan fingerprint density at radius 2 is 1.75 bits per heavy atom. The van der Waals surface area contributed by atoms with Gasteiger partial charge >= 0.3 is 12.3 Å². The minimum Gasteiger partial charge on any atom is -0.490 e. The van der Waals surface area contributed by atoms with Crippen molar-refractivity contribution in [2.45, 2.75) is 89.6 Å². The number of hydrogen-bond acceptors (Lipinski definition) is 4. The number of carbonyl (C=O) groups is 2. The van der Waals surface area contributed by atoms with E-state index in [2.05, 4.69) is 0 Å². The van der Waals surface area contributed by atoms with Crippen LogP contribution in [0.3, 0.4) is 0 Å². The van der Waals surface area contributed by atoms with E-state index in [1.807, 2.05) is 0 Å². The summed E-state index contributed by atoms with van der Waals surface area (Å²) >= 11 is 0. The third-order valence-corrected chi connectivity index (χ3v) is 6.06. The Labute approximate surface area is 187 Å². The van der Waals surface area contributed by atoms with Crippen LogP contribution in [-0.2, 0) is 15.7 Å². The first-order chi connectivity index (χ1) is 14.9.